The lowest BCUT2D eigenvalue weighted by molar-refractivity contribution is -0.295. The number of ether oxygens (including phenoxy) is 13. The van der Waals surface area contributed by atoms with Gasteiger partial charge in [0.15, 0.2) is 47.8 Å². The number of ketones is 1. The molecule has 1 aromatic carbocycles. The number of carbonyl (C=O) groups is 4. The van der Waals surface area contributed by atoms with Crippen LogP contribution in [0.1, 0.15) is 96.3 Å². The molecular formula is C65H92N4O22S4. The summed E-state index contributed by atoms with van der Waals surface area (Å²) in [4.78, 5) is 61.8. The number of alkyl carbamates (subject to hydrolysis) is 1. The van der Waals surface area contributed by atoms with E-state index >= 15 is 4.79 Å². The first-order valence-electron chi connectivity index (χ1n) is 31.4. The molecule has 528 valence electrons. The number of Topliss-reactive ketones (excluding diaryl/α,β-unsaturated/α-hetero) is 1. The number of fused-ring (bicyclic) bond motifs is 2. The zero-order chi connectivity index (χ0) is 69.1. The highest BCUT2D eigenvalue weighted by atomic mass is 33.5. The van der Waals surface area contributed by atoms with Gasteiger partial charge in [-0.05, 0) is 68.1 Å². The number of unbranched alkanes of at least 4 members (excludes halogenated alkanes) is 3. The zero-order valence-corrected chi connectivity index (χ0v) is 58.9. The van der Waals surface area contributed by atoms with Crippen molar-refractivity contribution in [2.75, 3.05) is 72.3 Å². The quantitative estimate of drug-likeness (QED) is 0.00876. The molecule has 4 heterocycles. The number of aliphatic hydroxyl groups is 4. The van der Waals surface area contributed by atoms with Crippen LogP contribution in [-0.2, 0) is 66.5 Å². The van der Waals surface area contributed by atoms with E-state index in [0.717, 1.165) is 7.11 Å². The number of amides is 2. The normalized spacial score (nSPS) is 33.0. The van der Waals surface area contributed by atoms with Gasteiger partial charge in [-0.15, -0.1) is 0 Å². The fourth-order valence-corrected chi connectivity index (χ4v) is 15.2. The molecule has 26 nitrogen and oxygen atoms in total. The Morgan fingerprint density at radius 3 is 2.24 bits per heavy atom. The van der Waals surface area contributed by atoms with Crippen molar-refractivity contribution in [1.82, 2.24) is 16.1 Å². The molecule has 2 aliphatic carbocycles. The van der Waals surface area contributed by atoms with Gasteiger partial charge in [0.1, 0.15) is 30.5 Å². The van der Waals surface area contributed by atoms with Gasteiger partial charge < -0.3 is 92.6 Å². The Kier molecular flexibility index (Phi) is 30.7. The molecule has 7 rings (SSSR count). The smallest absolute Gasteiger partial charge is 0.411 e. The maximum atomic E-state index is 15.3. The molecule has 0 spiro atoms. The van der Waals surface area contributed by atoms with Crippen LogP contribution in [0.15, 0.2) is 59.5 Å². The van der Waals surface area contributed by atoms with E-state index in [1.165, 1.54) is 95.7 Å². The van der Waals surface area contributed by atoms with Crippen molar-refractivity contribution in [3.8, 4) is 35.2 Å². The van der Waals surface area contributed by atoms with Gasteiger partial charge in [0.05, 0.1) is 106 Å². The number of thioether (sulfide) groups is 1. The van der Waals surface area contributed by atoms with E-state index in [4.69, 9.17) is 66.4 Å². The zero-order valence-electron chi connectivity index (χ0n) is 55.6. The molecule has 1 aromatic rings. The lowest BCUT2D eigenvalue weighted by atomic mass is 9.73. The summed E-state index contributed by atoms with van der Waals surface area (Å²) in [5.41, 5.74) is -0.122. The molecule has 1 unspecified atom stereocenters. The molecule has 0 saturated carbocycles. The van der Waals surface area contributed by atoms with Gasteiger partial charge in [0, 0.05) is 68.1 Å². The molecule has 2 amide bonds. The standard InChI is InChI=1S/C65H92N4O22S4/c1-34(2)66-42-33-84-50(31-46(42)79-8)89-59-45(85-35(3)54(57(59)72)69-91-52-30-43(70)60(92-12)37(5)87-52)23-19-15-17-21-26-83-44-22-18-14-16-20-25-65(77)40(24-27-94-95-93-13)53(44)55(68-64(76)82-11)58(73)61(65)90-51-32-49(56(71)36(4)86-51)88-63(75)39-28-47(80-9)48(81-10)29-41(39)67-62(74)38(6)78-7/h14,16,24,28-29,34-37,42-46,49-52,54,56-57,59-61,66,69-72,77H,6,15,17,19,21,23,26-27,30-33H2,1-5,7-13H3,(H,67,74)(H,68,76)/b16-14-,40-24+/t35-,36+,37-,42+,43+,44+,45+,46+,49+,50+,51?,52+,54-,56+,57+,59+,60-,61-,65-/m1/s1. The van der Waals surface area contributed by atoms with E-state index in [-0.39, 0.29) is 93.7 Å². The van der Waals surface area contributed by atoms with Crippen molar-refractivity contribution >= 4 is 72.6 Å². The number of carbonyl (C=O) groups excluding carboxylic acids is 4. The second-order valence-corrected chi connectivity index (χ2v) is 28.9. The third-order valence-electron chi connectivity index (χ3n) is 16.8. The molecule has 2 bridgehead atoms. The number of hydroxylamine groups is 1. The topological polar surface area (TPSA) is 327 Å². The molecule has 95 heavy (non-hydrogen) atoms. The fraction of sp³-hybridized carbons (Fsp3) is 0.662. The van der Waals surface area contributed by atoms with Crippen molar-refractivity contribution in [3.63, 3.8) is 0 Å². The van der Waals surface area contributed by atoms with Gasteiger partial charge in [-0.25, -0.2) is 9.59 Å². The predicted molar refractivity (Wildman–Crippen MR) is 358 cm³/mol. The van der Waals surface area contributed by atoms with Crippen molar-refractivity contribution in [3.05, 3.63) is 65.1 Å². The minimum atomic E-state index is -2.50. The third-order valence-corrected chi connectivity index (χ3v) is 21.7. The Labute approximate surface area is 571 Å². The molecule has 4 saturated heterocycles. The minimum absolute atomic E-state index is 0.00105. The van der Waals surface area contributed by atoms with Crippen molar-refractivity contribution < 1.29 is 106 Å². The van der Waals surface area contributed by atoms with Crippen molar-refractivity contribution in [1.29, 1.82) is 0 Å². The van der Waals surface area contributed by atoms with Gasteiger partial charge in [0.25, 0.3) is 5.91 Å². The van der Waals surface area contributed by atoms with Crippen LogP contribution in [-0.4, -0.2) is 232 Å². The van der Waals surface area contributed by atoms with Crippen LogP contribution in [0.3, 0.4) is 0 Å². The van der Waals surface area contributed by atoms with E-state index < -0.39 is 122 Å². The maximum absolute atomic E-state index is 15.3. The van der Waals surface area contributed by atoms with Crippen LogP contribution in [0.25, 0.3) is 0 Å². The number of hydrogen-bond donors (Lipinski definition) is 8. The third kappa shape index (κ3) is 20.3. The van der Waals surface area contributed by atoms with E-state index in [2.05, 4.69) is 65.5 Å². The first kappa shape index (κ1) is 77.7. The average molecular weight is 1410 g/mol. The number of benzene rings is 1. The molecule has 0 radical (unpaired) electrons. The lowest BCUT2D eigenvalue weighted by Gasteiger charge is -2.46. The van der Waals surface area contributed by atoms with Crippen molar-refractivity contribution in [2.45, 2.75) is 207 Å². The molecule has 0 aromatic heterocycles. The van der Waals surface area contributed by atoms with Gasteiger partial charge in [-0.1, -0.05) is 91.0 Å². The van der Waals surface area contributed by atoms with E-state index in [0.29, 0.717) is 45.1 Å². The Morgan fingerprint density at radius 1 is 0.842 bits per heavy atom. The first-order valence-corrected chi connectivity index (χ1v) is 36.8. The summed E-state index contributed by atoms with van der Waals surface area (Å²) < 4.78 is 77.5. The lowest BCUT2D eigenvalue weighted by Crippen LogP contribution is -2.64. The molecule has 4 fully saturated rings. The van der Waals surface area contributed by atoms with E-state index in [1.807, 2.05) is 26.4 Å². The summed E-state index contributed by atoms with van der Waals surface area (Å²) in [6, 6.07) is 1.98. The van der Waals surface area contributed by atoms with E-state index in [9.17, 15) is 34.8 Å². The van der Waals surface area contributed by atoms with Crippen LogP contribution in [0.5, 0.6) is 11.5 Å². The summed E-state index contributed by atoms with van der Waals surface area (Å²) in [5.74, 6) is 9.09. The summed E-state index contributed by atoms with van der Waals surface area (Å²) in [7, 11) is 11.1. The Hall–Kier alpha value is -4.62. The molecule has 6 aliphatic rings. The molecule has 30 heteroatoms. The summed E-state index contributed by atoms with van der Waals surface area (Å²) >= 11 is 1.53. The van der Waals surface area contributed by atoms with Gasteiger partial charge in [-0.2, -0.15) is 17.2 Å². The highest BCUT2D eigenvalue weighted by molar-refractivity contribution is 9.09. The monoisotopic (exact) mass is 1410 g/mol. The molecule has 19 atom stereocenters. The highest BCUT2D eigenvalue weighted by Crippen LogP contribution is 2.43. The largest absolute Gasteiger partial charge is 0.493 e. The van der Waals surface area contributed by atoms with Crippen LogP contribution < -0.4 is 30.9 Å². The van der Waals surface area contributed by atoms with Crippen LogP contribution in [0, 0.1) is 23.7 Å². The van der Waals surface area contributed by atoms with E-state index in [1.54, 1.807) is 13.2 Å². The number of nitrogens with one attached hydrogen (secondary N) is 4. The first-order chi connectivity index (χ1) is 45.5. The van der Waals surface area contributed by atoms with Gasteiger partial charge in [-0.3, -0.25) is 19.7 Å². The molecular weight excluding hydrogens is 1320 g/mol. The summed E-state index contributed by atoms with van der Waals surface area (Å²) in [6.45, 7) is 13.3. The number of methoxy groups -OCH3 is 5. The van der Waals surface area contributed by atoms with Crippen molar-refractivity contribution in [2.24, 2.45) is 0 Å². The van der Waals surface area contributed by atoms with Crippen LogP contribution in [0.2, 0.25) is 0 Å². The molecule has 4 aliphatic heterocycles. The Balaban J connectivity index is 1.08. The minimum Gasteiger partial charge on any atom is -0.493 e. The fourth-order valence-electron chi connectivity index (χ4n) is 12.0. The Morgan fingerprint density at radius 2 is 1.56 bits per heavy atom. The number of aliphatic hydroxyl groups excluding tert-OH is 3. The highest BCUT2D eigenvalue weighted by Gasteiger charge is 2.56. The second-order valence-electron chi connectivity index (χ2n) is 23.5. The van der Waals surface area contributed by atoms with Gasteiger partial charge in [0.2, 0.25) is 5.78 Å². The maximum Gasteiger partial charge on any atom is 0.411 e. The number of hydrogen-bond acceptors (Lipinski definition) is 28. The van der Waals surface area contributed by atoms with Crippen LogP contribution in [0.4, 0.5) is 10.5 Å². The second kappa shape index (κ2) is 37.5. The summed E-state index contributed by atoms with van der Waals surface area (Å²) in [5, 5.41) is 56.2. The molecule has 8 N–H and O–H groups in total. The van der Waals surface area contributed by atoms with Gasteiger partial charge >= 0.3 is 12.1 Å². The van der Waals surface area contributed by atoms with Crippen LogP contribution >= 0.6 is 43.2 Å². The number of allylic oxidation sites excluding steroid dienone is 2. The SMILES string of the molecule is C=C(OC)C(=O)Nc1cc(OC)c(OC)cc1C(=O)O[C@H]1CC(O[C@@H]2C(=O)C(NC(=O)OC)=C3/C(=C\CSSSC)[C@]2(O)C#C/C=C\C#C[C@@H]3OCCCCCC[C@@H]2O[C@H](C)[C@@H](NO[C@H]3C[C@H](O)[C@H](SC)[C@@H](C)O3)[C@H](O)[C@H]2O[C@H]2C[C@H](OC)[C@@H](NC(C)C)CO2)O[C@@H](C)[C@@H]1O. The number of esters is 1. The number of anilines is 1. The average Bonchev–Trinajstić information content (AvgIpc) is 0.736. The Bertz CT molecular complexity index is 3000. The summed E-state index contributed by atoms with van der Waals surface area (Å²) in [6.07, 6.45) is -3.95. The predicted octanol–water partition coefficient (Wildman–Crippen LogP) is 5.41. The number of rotatable bonds is 31.